The first kappa shape index (κ1) is 21.9. The van der Waals surface area contributed by atoms with E-state index in [4.69, 9.17) is 0 Å². The summed E-state index contributed by atoms with van der Waals surface area (Å²) < 4.78 is 14.7. The average molecular weight is 397 g/mol. The predicted molar refractivity (Wildman–Crippen MR) is 119 cm³/mol. The molecule has 1 aromatic carbocycles. The molecular weight excluding hydrogens is 359 g/mol. The van der Waals surface area contributed by atoms with Crippen LogP contribution >= 0.6 is 0 Å². The Morgan fingerprint density at radius 2 is 1.59 bits per heavy atom. The number of hydrogen-bond donors (Lipinski definition) is 0. The van der Waals surface area contributed by atoms with Gasteiger partial charge in [-0.15, -0.1) is 0 Å². The van der Waals surface area contributed by atoms with Crippen molar-refractivity contribution in [3.05, 3.63) is 47.4 Å². The molecule has 29 heavy (non-hydrogen) atoms. The van der Waals surface area contributed by atoms with Gasteiger partial charge in [-0.1, -0.05) is 83.8 Å². The number of nitrogens with zero attached hydrogens (tertiary/aromatic N) is 2. The van der Waals surface area contributed by atoms with Gasteiger partial charge < -0.3 is 0 Å². The molecule has 1 fully saturated rings. The summed E-state index contributed by atoms with van der Waals surface area (Å²) in [6, 6.07) is 9.51. The second kappa shape index (κ2) is 11.4. The van der Waals surface area contributed by atoms with Gasteiger partial charge in [0.15, 0.2) is 0 Å². The van der Waals surface area contributed by atoms with Crippen LogP contribution in [0.5, 0.6) is 0 Å². The van der Waals surface area contributed by atoms with Gasteiger partial charge in [0.2, 0.25) is 0 Å². The van der Waals surface area contributed by atoms with Crippen molar-refractivity contribution in [3.8, 4) is 11.3 Å². The van der Waals surface area contributed by atoms with Crippen LogP contribution in [0.4, 0.5) is 4.39 Å². The summed E-state index contributed by atoms with van der Waals surface area (Å²) in [6.07, 6.45) is 14.9. The summed E-state index contributed by atoms with van der Waals surface area (Å²) >= 11 is 0. The second-order valence-electron chi connectivity index (χ2n) is 8.89. The lowest BCUT2D eigenvalue weighted by Gasteiger charge is -2.28. The van der Waals surface area contributed by atoms with Gasteiger partial charge in [-0.3, -0.25) is 0 Å². The Morgan fingerprint density at radius 1 is 0.828 bits per heavy atom. The fourth-order valence-corrected chi connectivity index (χ4v) is 4.66. The number of aryl methyl sites for hydroxylation is 2. The van der Waals surface area contributed by atoms with E-state index in [1.165, 1.54) is 51.4 Å². The molecule has 0 atom stereocenters. The van der Waals surface area contributed by atoms with Crippen molar-refractivity contribution in [1.29, 1.82) is 0 Å². The van der Waals surface area contributed by atoms with E-state index < -0.39 is 0 Å². The number of aromatic nitrogens is 2. The predicted octanol–water partition coefficient (Wildman–Crippen LogP) is 7.55. The Hall–Kier alpha value is -1.77. The van der Waals surface area contributed by atoms with E-state index in [0.29, 0.717) is 0 Å². The van der Waals surface area contributed by atoms with Gasteiger partial charge in [0, 0.05) is 5.56 Å². The monoisotopic (exact) mass is 396 g/mol. The molecule has 0 bridgehead atoms. The highest BCUT2D eigenvalue weighted by Crippen LogP contribution is 2.34. The molecule has 158 valence electrons. The van der Waals surface area contributed by atoms with E-state index in [0.717, 1.165) is 60.0 Å². The van der Waals surface area contributed by atoms with Crippen molar-refractivity contribution in [2.45, 2.75) is 90.9 Å². The number of rotatable bonds is 10. The lowest BCUT2D eigenvalue weighted by Crippen LogP contribution is -2.15. The van der Waals surface area contributed by atoms with E-state index in [1.54, 1.807) is 6.07 Å². The molecule has 0 N–H and O–H groups in total. The van der Waals surface area contributed by atoms with Crippen LogP contribution in [0.25, 0.3) is 11.3 Å². The van der Waals surface area contributed by atoms with Gasteiger partial charge in [-0.25, -0.2) is 4.39 Å². The number of halogens is 1. The maximum Gasteiger partial charge on any atom is 0.127 e. The van der Waals surface area contributed by atoms with Crippen LogP contribution in [0, 0.1) is 17.7 Å². The first-order chi connectivity index (χ1) is 14.2. The molecule has 2 nitrogen and oxygen atoms in total. The summed E-state index contributed by atoms with van der Waals surface area (Å²) in [5.41, 5.74) is 3.40. The lowest BCUT2D eigenvalue weighted by molar-refractivity contribution is 0.248. The largest absolute Gasteiger partial charge is 0.207 e. The maximum absolute atomic E-state index is 14.7. The van der Waals surface area contributed by atoms with Crippen molar-refractivity contribution < 1.29 is 4.39 Å². The molecule has 1 aliphatic rings. The molecule has 0 unspecified atom stereocenters. The Balaban J connectivity index is 1.48. The minimum atomic E-state index is -0.102. The topological polar surface area (TPSA) is 25.8 Å². The quantitative estimate of drug-likeness (QED) is 0.387. The van der Waals surface area contributed by atoms with Crippen molar-refractivity contribution in [1.82, 2.24) is 10.2 Å². The zero-order valence-corrected chi connectivity index (χ0v) is 18.3. The van der Waals surface area contributed by atoms with Crippen molar-refractivity contribution in [2.24, 2.45) is 11.8 Å². The minimum absolute atomic E-state index is 0.102. The highest BCUT2D eigenvalue weighted by molar-refractivity contribution is 5.59. The van der Waals surface area contributed by atoms with Crippen LogP contribution in [0.2, 0.25) is 0 Å². The zero-order valence-electron chi connectivity index (χ0n) is 18.3. The minimum Gasteiger partial charge on any atom is -0.207 e. The highest BCUT2D eigenvalue weighted by atomic mass is 19.1. The van der Waals surface area contributed by atoms with Crippen LogP contribution in [0.1, 0.15) is 89.3 Å². The molecule has 0 aliphatic heterocycles. The summed E-state index contributed by atoms with van der Waals surface area (Å²) in [4.78, 5) is 0. The Morgan fingerprint density at radius 3 is 2.21 bits per heavy atom. The first-order valence-electron chi connectivity index (χ1n) is 11.8. The molecule has 0 amide bonds. The molecule has 3 heteroatoms. The Bertz CT molecular complexity index is 733. The molecular formula is C26H37FN2. The van der Waals surface area contributed by atoms with Crippen molar-refractivity contribution in [3.63, 3.8) is 0 Å². The van der Waals surface area contributed by atoms with E-state index in [9.17, 15) is 4.39 Å². The third-order valence-corrected chi connectivity index (χ3v) is 6.58. The van der Waals surface area contributed by atoms with Gasteiger partial charge in [-0.2, -0.15) is 10.2 Å². The average Bonchev–Trinajstić information content (AvgIpc) is 2.75. The van der Waals surface area contributed by atoms with E-state index in [2.05, 4.69) is 24.0 Å². The van der Waals surface area contributed by atoms with Gasteiger partial charge in [-0.05, 0) is 54.9 Å². The van der Waals surface area contributed by atoms with Crippen molar-refractivity contribution in [2.75, 3.05) is 0 Å². The smallest absolute Gasteiger partial charge is 0.127 e. The van der Waals surface area contributed by atoms with Crippen LogP contribution in [0.15, 0.2) is 30.3 Å². The third-order valence-electron chi connectivity index (χ3n) is 6.58. The van der Waals surface area contributed by atoms with E-state index >= 15 is 0 Å². The summed E-state index contributed by atoms with van der Waals surface area (Å²) in [5.74, 6) is 1.61. The number of hydrogen-bond acceptors (Lipinski definition) is 2. The molecule has 2 aromatic rings. The van der Waals surface area contributed by atoms with Gasteiger partial charge >= 0.3 is 0 Å². The maximum atomic E-state index is 14.7. The molecule has 1 aromatic heterocycles. The highest BCUT2D eigenvalue weighted by Gasteiger charge is 2.21. The molecule has 1 heterocycles. The molecule has 0 saturated heterocycles. The summed E-state index contributed by atoms with van der Waals surface area (Å²) in [5, 5.41) is 8.53. The Labute approximate surface area is 176 Å². The third kappa shape index (κ3) is 6.62. The number of unbranched alkanes of at least 4 members (excludes halogenated alkanes) is 2. The summed E-state index contributed by atoms with van der Waals surface area (Å²) in [7, 11) is 0. The number of benzene rings is 1. The lowest BCUT2D eigenvalue weighted by atomic mass is 9.77. The fourth-order valence-electron chi connectivity index (χ4n) is 4.66. The first-order valence-corrected chi connectivity index (χ1v) is 11.8. The summed E-state index contributed by atoms with van der Waals surface area (Å²) in [6.45, 7) is 4.40. The standard InChI is InChI=1S/C26H37FN2/c1-3-5-6-8-20-9-11-21(12-10-20)13-14-22-15-16-23(19-25(22)27)26-18-17-24(7-4-2)28-29-26/h15-21H,3-14H2,1-2H3. The van der Waals surface area contributed by atoms with Crippen LogP contribution < -0.4 is 0 Å². The second-order valence-corrected chi connectivity index (χ2v) is 8.89. The van der Waals surface area contributed by atoms with Gasteiger partial charge in [0.05, 0.1) is 11.4 Å². The zero-order chi connectivity index (χ0) is 20.5. The van der Waals surface area contributed by atoms with Gasteiger partial charge in [0.1, 0.15) is 5.82 Å². The van der Waals surface area contributed by atoms with E-state index in [1.807, 2.05) is 24.3 Å². The fraction of sp³-hybridized carbons (Fsp3) is 0.615. The van der Waals surface area contributed by atoms with E-state index in [-0.39, 0.29) is 5.82 Å². The molecule has 1 aliphatic carbocycles. The Kier molecular flexibility index (Phi) is 8.64. The molecule has 0 radical (unpaired) electrons. The molecule has 0 spiro atoms. The normalized spacial score (nSPS) is 19.4. The molecule has 3 rings (SSSR count). The SMILES string of the molecule is CCCCCC1CCC(CCc2ccc(-c3ccc(CCC)nn3)cc2F)CC1. The van der Waals surface area contributed by atoms with Crippen LogP contribution in [-0.4, -0.2) is 10.2 Å². The van der Waals surface area contributed by atoms with Crippen LogP contribution in [-0.2, 0) is 12.8 Å². The van der Waals surface area contributed by atoms with Crippen molar-refractivity contribution >= 4 is 0 Å². The molecule has 1 saturated carbocycles. The van der Waals surface area contributed by atoms with Crippen LogP contribution in [0.3, 0.4) is 0 Å². The van der Waals surface area contributed by atoms with Gasteiger partial charge in [0.25, 0.3) is 0 Å².